The van der Waals surface area contributed by atoms with E-state index in [0.717, 1.165) is 53.2 Å². The van der Waals surface area contributed by atoms with Crippen LogP contribution < -0.4 is 30.5 Å². The van der Waals surface area contributed by atoms with E-state index >= 15 is 0 Å². The maximum Gasteiger partial charge on any atom is 0.337 e. The first-order valence-corrected chi connectivity index (χ1v) is 24.6. The molecule has 1 saturated carbocycles. The Bertz CT molecular complexity index is 2220. The zero-order valence-electron chi connectivity index (χ0n) is 34.4. The molecule has 1 aliphatic heterocycles. The summed E-state index contributed by atoms with van der Waals surface area (Å²) in [7, 11) is -5.50. The molecule has 3 N–H and O–H groups in total. The molecule has 1 amide bonds. The van der Waals surface area contributed by atoms with Gasteiger partial charge in [-0.2, -0.15) is 0 Å². The number of aryl methyl sites for hydroxylation is 1. The Morgan fingerprint density at radius 3 is 2.31 bits per heavy atom. The standard InChI is InChI=1S/C46H56ClN3O7SSi/c1-45(2,3)59(36-13-7-5-8-14-36,37-15-9-6-10-16-37)57-42(28-43(51)49-24-25-58(48,53)54)38-20-17-34(38)29-50-30-46(23-11-12-32-26-35(47)19-21-39(32)46)31-56-41-22-18-33(27-40(41)50)44(52)55-4/h5-10,13-16,18-19,21-22,26-27,34,38,42H,11-12,17,20,23-25,28-31H2,1-4H3,(H,49,51)(H2,48,53,54)/t34-,38+,42?,46-/m0/s1. The van der Waals surface area contributed by atoms with Crippen LogP contribution in [0.3, 0.4) is 0 Å². The molecule has 3 aliphatic rings. The van der Waals surface area contributed by atoms with Crippen LogP contribution in [-0.2, 0) is 35.8 Å². The molecule has 13 heteroatoms. The van der Waals surface area contributed by atoms with Gasteiger partial charge in [-0.05, 0) is 101 Å². The van der Waals surface area contributed by atoms with Crippen LogP contribution in [0.25, 0.3) is 0 Å². The summed E-state index contributed by atoms with van der Waals surface area (Å²) in [4.78, 5) is 29.2. The van der Waals surface area contributed by atoms with Crippen LogP contribution >= 0.6 is 11.6 Å². The topological polar surface area (TPSA) is 137 Å². The largest absolute Gasteiger partial charge is 0.490 e. The molecule has 0 radical (unpaired) electrons. The number of nitrogens with two attached hydrogens (primary N) is 1. The number of hydrogen-bond donors (Lipinski definition) is 2. The number of benzene rings is 4. The first-order valence-electron chi connectivity index (χ1n) is 20.6. The van der Waals surface area contributed by atoms with Crippen LogP contribution in [0.15, 0.2) is 97.1 Å². The molecular formula is C46H56ClN3O7SSi. The van der Waals surface area contributed by atoms with Crippen molar-refractivity contribution in [2.45, 2.75) is 75.9 Å². The van der Waals surface area contributed by atoms with Gasteiger partial charge >= 0.3 is 5.97 Å². The molecule has 1 heterocycles. The average molecular weight is 859 g/mol. The van der Waals surface area contributed by atoms with E-state index < -0.39 is 30.4 Å². The summed E-state index contributed by atoms with van der Waals surface area (Å²) in [6.07, 6.45) is 4.20. The number of anilines is 1. The number of amides is 1. The summed E-state index contributed by atoms with van der Waals surface area (Å²) in [5.74, 6) is -0.237. The zero-order valence-corrected chi connectivity index (χ0v) is 37.0. The van der Waals surface area contributed by atoms with Crippen molar-refractivity contribution in [3.05, 3.63) is 119 Å². The molecule has 1 unspecified atom stereocenters. The molecule has 1 fully saturated rings. The van der Waals surface area contributed by atoms with Gasteiger partial charge in [-0.25, -0.2) is 18.4 Å². The van der Waals surface area contributed by atoms with Gasteiger partial charge in [0.2, 0.25) is 15.9 Å². The molecular weight excluding hydrogens is 802 g/mol. The predicted molar refractivity (Wildman–Crippen MR) is 236 cm³/mol. The first-order chi connectivity index (χ1) is 28.1. The number of hydrogen-bond acceptors (Lipinski definition) is 8. The Labute approximate surface area is 354 Å². The molecule has 7 rings (SSSR count). The van der Waals surface area contributed by atoms with Gasteiger partial charge in [-0.15, -0.1) is 0 Å². The number of nitrogens with zero attached hydrogens (tertiary/aromatic N) is 1. The van der Waals surface area contributed by atoms with Gasteiger partial charge in [0.15, 0.2) is 0 Å². The fraction of sp³-hybridized carbons (Fsp3) is 0.435. The number of carbonyl (C=O) groups excluding carboxylic acids is 2. The van der Waals surface area contributed by atoms with E-state index in [0.29, 0.717) is 31.0 Å². The molecule has 2 aliphatic carbocycles. The molecule has 59 heavy (non-hydrogen) atoms. The lowest BCUT2D eigenvalue weighted by molar-refractivity contribution is -0.124. The highest BCUT2D eigenvalue weighted by Crippen LogP contribution is 2.48. The Morgan fingerprint density at radius 1 is 1.00 bits per heavy atom. The molecule has 4 aromatic carbocycles. The van der Waals surface area contributed by atoms with Crippen molar-refractivity contribution in [3.8, 4) is 5.75 Å². The van der Waals surface area contributed by atoms with E-state index in [-0.39, 0.29) is 46.9 Å². The maximum atomic E-state index is 13.9. The number of methoxy groups -OCH3 is 1. The zero-order chi connectivity index (χ0) is 42.0. The fourth-order valence-corrected chi connectivity index (χ4v) is 15.0. The number of rotatable bonds is 13. The van der Waals surface area contributed by atoms with Crippen LogP contribution in [0.4, 0.5) is 5.69 Å². The van der Waals surface area contributed by atoms with Crippen molar-refractivity contribution in [3.63, 3.8) is 0 Å². The highest BCUT2D eigenvalue weighted by molar-refractivity contribution is 7.89. The van der Waals surface area contributed by atoms with Crippen molar-refractivity contribution < 1.29 is 31.9 Å². The minimum Gasteiger partial charge on any atom is -0.490 e. The molecule has 0 saturated heterocycles. The summed E-state index contributed by atoms with van der Waals surface area (Å²) >= 11 is 6.52. The number of sulfonamides is 1. The van der Waals surface area contributed by atoms with Crippen molar-refractivity contribution >= 4 is 57.9 Å². The van der Waals surface area contributed by atoms with Gasteiger partial charge in [0.1, 0.15) is 5.75 Å². The highest BCUT2D eigenvalue weighted by atomic mass is 35.5. The van der Waals surface area contributed by atoms with Crippen LogP contribution in [0.1, 0.15) is 74.4 Å². The van der Waals surface area contributed by atoms with E-state index in [4.69, 9.17) is 30.6 Å². The number of carbonyl (C=O) groups is 2. The first kappa shape index (κ1) is 42.9. The van der Waals surface area contributed by atoms with E-state index in [1.807, 2.05) is 54.6 Å². The predicted octanol–water partition coefficient (Wildman–Crippen LogP) is 6.37. The minimum absolute atomic E-state index is 0.00884. The maximum absolute atomic E-state index is 13.9. The number of halogens is 1. The van der Waals surface area contributed by atoms with Gasteiger partial charge in [-0.1, -0.05) is 99.1 Å². The SMILES string of the molecule is COC(=O)c1ccc2c(c1)N(C[C@@H]1CC[C@H]1C(CC(=O)NCCS(N)(=O)=O)O[Si](c1ccccc1)(c1ccccc1)C(C)(C)C)C[C@@]1(CCCc3cc(Cl)ccc31)CO2. The molecule has 314 valence electrons. The third-order valence-corrected chi connectivity index (χ3v) is 18.8. The summed E-state index contributed by atoms with van der Waals surface area (Å²) in [6.45, 7) is 8.38. The van der Waals surface area contributed by atoms with Gasteiger partial charge in [0, 0.05) is 30.1 Å². The second-order valence-corrected chi connectivity index (χ2v) is 23.9. The average Bonchev–Trinajstić information content (AvgIpc) is 3.34. The van der Waals surface area contributed by atoms with E-state index in [2.05, 4.69) is 67.4 Å². The Balaban J connectivity index is 1.28. The van der Waals surface area contributed by atoms with Crippen LogP contribution in [0.2, 0.25) is 10.1 Å². The summed E-state index contributed by atoms with van der Waals surface area (Å²) in [6, 6.07) is 32.5. The van der Waals surface area contributed by atoms with Gasteiger partial charge in [0.05, 0.1) is 43.2 Å². The van der Waals surface area contributed by atoms with Crippen LogP contribution in [-0.4, -0.2) is 73.8 Å². The Kier molecular flexibility index (Phi) is 12.7. The Morgan fingerprint density at radius 2 is 1.69 bits per heavy atom. The number of fused-ring (bicyclic) bond motifs is 3. The third-order valence-electron chi connectivity index (χ3n) is 12.7. The van der Waals surface area contributed by atoms with Crippen LogP contribution in [0.5, 0.6) is 5.75 Å². The van der Waals surface area contributed by atoms with Crippen molar-refractivity contribution in [1.29, 1.82) is 0 Å². The van der Waals surface area contributed by atoms with Crippen molar-refractivity contribution in [1.82, 2.24) is 5.32 Å². The number of nitrogens with one attached hydrogen (secondary N) is 1. The lowest BCUT2D eigenvalue weighted by Crippen LogP contribution is -2.69. The highest BCUT2D eigenvalue weighted by Gasteiger charge is 2.54. The van der Waals surface area contributed by atoms with Gasteiger partial charge in [-0.3, -0.25) is 4.79 Å². The quantitative estimate of drug-likeness (QED) is 0.117. The van der Waals surface area contributed by atoms with E-state index in [1.54, 1.807) is 6.07 Å². The second-order valence-electron chi connectivity index (χ2n) is 17.5. The van der Waals surface area contributed by atoms with Crippen molar-refractivity contribution in [2.75, 3.05) is 44.0 Å². The van der Waals surface area contributed by atoms with E-state index in [9.17, 15) is 18.0 Å². The minimum atomic E-state index is -3.76. The fourth-order valence-electron chi connectivity index (χ4n) is 9.74. The molecule has 4 atom stereocenters. The van der Waals surface area contributed by atoms with Crippen LogP contribution in [0, 0.1) is 11.8 Å². The number of primary sulfonamides is 1. The molecule has 0 bridgehead atoms. The molecule has 10 nitrogen and oxygen atoms in total. The number of ether oxygens (including phenoxy) is 2. The summed E-state index contributed by atoms with van der Waals surface area (Å²) in [5.41, 5.74) is 3.44. The molecule has 1 spiro atoms. The van der Waals surface area contributed by atoms with Gasteiger partial charge in [0.25, 0.3) is 8.32 Å². The number of esters is 1. The second kappa shape index (κ2) is 17.4. The lowest BCUT2D eigenvalue weighted by Gasteiger charge is -2.51. The Hall–Kier alpha value is -4.20. The smallest absolute Gasteiger partial charge is 0.337 e. The molecule has 0 aromatic heterocycles. The lowest BCUT2D eigenvalue weighted by atomic mass is 9.68. The summed E-state index contributed by atoms with van der Waals surface area (Å²) in [5, 5.41) is 10.7. The summed E-state index contributed by atoms with van der Waals surface area (Å²) < 4.78 is 43.2. The van der Waals surface area contributed by atoms with E-state index in [1.165, 1.54) is 18.2 Å². The normalized spacial score (nSPS) is 20.9. The van der Waals surface area contributed by atoms with Crippen molar-refractivity contribution in [2.24, 2.45) is 17.0 Å². The van der Waals surface area contributed by atoms with Gasteiger partial charge < -0.3 is 24.1 Å². The molecule has 4 aromatic rings. The third kappa shape index (κ3) is 9.12. The monoisotopic (exact) mass is 857 g/mol.